The minimum Gasteiger partial charge on any atom is -0.493 e. The zero-order valence-corrected chi connectivity index (χ0v) is 25.2. The summed E-state index contributed by atoms with van der Waals surface area (Å²) in [5.74, 6) is 1.17. The normalized spacial score (nSPS) is 13.4. The molecule has 6 rings (SSSR count). The first-order valence-corrected chi connectivity index (χ1v) is 14.9. The van der Waals surface area contributed by atoms with Crippen molar-refractivity contribution in [2.24, 2.45) is 0 Å². The Labute approximate surface area is 264 Å². The van der Waals surface area contributed by atoms with Crippen LogP contribution in [0.5, 0.6) is 23.1 Å². The van der Waals surface area contributed by atoms with Gasteiger partial charge in [-0.15, -0.1) is 0 Å². The molecule has 1 fully saturated rings. The Bertz CT molecular complexity index is 1880. The van der Waals surface area contributed by atoms with Crippen LogP contribution in [0.2, 0.25) is 0 Å². The van der Waals surface area contributed by atoms with E-state index in [-0.39, 0.29) is 12.0 Å². The van der Waals surface area contributed by atoms with Crippen LogP contribution in [0.15, 0.2) is 84.0 Å². The van der Waals surface area contributed by atoms with Gasteiger partial charge in [-0.2, -0.15) is 9.78 Å². The summed E-state index contributed by atoms with van der Waals surface area (Å²) < 4.78 is 37.6. The largest absolute Gasteiger partial charge is 0.493 e. The van der Waals surface area contributed by atoms with Crippen LogP contribution < -0.4 is 19.8 Å². The van der Waals surface area contributed by atoms with E-state index in [4.69, 9.17) is 18.9 Å². The average molecular weight is 626 g/mol. The molecule has 236 valence electrons. The van der Waals surface area contributed by atoms with E-state index in [9.17, 15) is 14.0 Å². The van der Waals surface area contributed by atoms with Gasteiger partial charge in [-0.1, -0.05) is 6.07 Å². The first kappa shape index (κ1) is 30.8. The Hall–Kier alpha value is -5.20. The van der Waals surface area contributed by atoms with E-state index in [0.717, 1.165) is 49.3 Å². The molecule has 0 atom stereocenters. The van der Waals surface area contributed by atoms with Crippen molar-refractivity contribution in [1.82, 2.24) is 24.6 Å². The van der Waals surface area contributed by atoms with E-state index in [1.165, 1.54) is 42.7 Å². The molecule has 0 saturated carbocycles. The molecular weight excluding hydrogens is 593 g/mol. The van der Waals surface area contributed by atoms with Crippen LogP contribution in [0.25, 0.3) is 16.6 Å². The number of carbonyl (C=O) groups is 1. The molecule has 0 radical (unpaired) electrons. The number of hydrogen-bond donors (Lipinski definition) is 0. The molecule has 0 spiro atoms. The lowest BCUT2D eigenvalue weighted by molar-refractivity contribution is 0.0357. The highest BCUT2D eigenvalue weighted by molar-refractivity contribution is 5.97. The Morgan fingerprint density at radius 1 is 0.957 bits per heavy atom. The minimum atomic E-state index is -0.589. The zero-order chi connectivity index (χ0) is 31.9. The average Bonchev–Trinajstić information content (AvgIpc) is 3.08. The number of carbonyl (C=O) groups excluding carboxylic acids is 1. The van der Waals surface area contributed by atoms with Gasteiger partial charge in [0, 0.05) is 62.2 Å². The van der Waals surface area contributed by atoms with Crippen molar-refractivity contribution in [3.63, 3.8) is 0 Å². The number of rotatable bonds is 12. The predicted octanol–water partition coefficient (Wildman–Crippen LogP) is 4.64. The van der Waals surface area contributed by atoms with Crippen LogP contribution >= 0.6 is 0 Å². The lowest BCUT2D eigenvalue weighted by atomic mass is 10.1. The van der Waals surface area contributed by atoms with Crippen LogP contribution in [0, 0.1) is 5.82 Å². The molecule has 2 aromatic carbocycles. The molecule has 0 unspecified atom stereocenters. The van der Waals surface area contributed by atoms with Crippen molar-refractivity contribution in [3.8, 4) is 28.8 Å². The van der Waals surface area contributed by atoms with E-state index in [2.05, 4.69) is 20.0 Å². The number of ether oxygens (including phenoxy) is 4. The van der Waals surface area contributed by atoms with Crippen molar-refractivity contribution in [2.75, 3.05) is 46.6 Å². The molecule has 3 aromatic heterocycles. The number of Topliss-reactive ketones (excluding diaryl/α,β-unsaturated/α-hetero) is 1. The maximum Gasteiger partial charge on any atom is 0.282 e. The van der Waals surface area contributed by atoms with Crippen LogP contribution in [0.1, 0.15) is 22.3 Å². The lowest BCUT2D eigenvalue weighted by Crippen LogP contribution is -2.37. The molecule has 0 aliphatic carbocycles. The standard InChI is InChI=1S/C34H32FN5O6/c1-43-31-20-27-28(21-32(31)45-16-2-13-39-14-17-44-18-15-39)36-11-10-30(27)46-33-8-3-23(22-37-33)19-29(41)26-9-12-38-40(34(26)42)25-6-4-24(35)5-7-25/h3-12,20-22H,2,13-19H2,1H3. The summed E-state index contributed by atoms with van der Waals surface area (Å²) in [6.45, 7) is 4.90. The topological polar surface area (TPSA) is 118 Å². The number of morpholine rings is 1. The fourth-order valence-corrected chi connectivity index (χ4v) is 5.14. The summed E-state index contributed by atoms with van der Waals surface area (Å²) in [5, 5.41) is 4.74. The maximum atomic E-state index is 13.3. The van der Waals surface area contributed by atoms with Crippen LogP contribution in [0.4, 0.5) is 4.39 Å². The molecule has 11 nitrogen and oxygen atoms in total. The lowest BCUT2D eigenvalue weighted by Gasteiger charge is -2.26. The van der Waals surface area contributed by atoms with Gasteiger partial charge in [0.05, 0.1) is 43.7 Å². The number of methoxy groups -OCH3 is 1. The highest BCUT2D eigenvalue weighted by Gasteiger charge is 2.17. The quantitative estimate of drug-likeness (QED) is 0.143. The van der Waals surface area contributed by atoms with Gasteiger partial charge in [0.15, 0.2) is 17.3 Å². The zero-order valence-electron chi connectivity index (χ0n) is 25.2. The molecule has 1 aliphatic rings. The third kappa shape index (κ3) is 7.19. The van der Waals surface area contributed by atoms with Crippen molar-refractivity contribution in [2.45, 2.75) is 12.8 Å². The van der Waals surface area contributed by atoms with Gasteiger partial charge >= 0.3 is 0 Å². The van der Waals surface area contributed by atoms with Gasteiger partial charge in [0.25, 0.3) is 5.56 Å². The van der Waals surface area contributed by atoms with Crippen LogP contribution in [-0.2, 0) is 11.2 Å². The SMILES string of the molecule is COc1cc2c(Oc3ccc(CC(=O)c4ccnn(-c5ccc(F)cc5)c4=O)cn3)ccnc2cc1OCCCN1CCOCC1. The summed E-state index contributed by atoms with van der Waals surface area (Å²) in [6, 6.07) is 15.4. The summed E-state index contributed by atoms with van der Waals surface area (Å²) in [5.41, 5.74) is 1.01. The predicted molar refractivity (Wildman–Crippen MR) is 168 cm³/mol. The Morgan fingerprint density at radius 2 is 1.78 bits per heavy atom. The molecule has 5 aromatic rings. The Morgan fingerprint density at radius 3 is 2.54 bits per heavy atom. The first-order valence-electron chi connectivity index (χ1n) is 14.9. The van der Waals surface area contributed by atoms with Crippen molar-refractivity contribution < 1.29 is 28.1 Å². The second kappa shape index (κ2) is 14.3. The van der Waals surface area contributed by atoms with Gasteiger partial charge in [0.1, 0.15) is 11.6 Å². The minimum absolute atomic E-state index is 0.0303. The van der Waals surface area contributed by atoms with Gasteiger partial charge in [-0.25, -0.2) is 9.37 Å². The highest BCUT2D eigenvalue weighted by Crippen LogP contribution is 2.37. The molecule has 0 amide bonds. The highest BCUT2D eigenvalue weighted by atomic mass is 19.1. The Balaban J connectivity index is 1.11. The van der Waals surface area contributed by atoms with Gasteiger partial charge < -0.3 is 18.9 Å². The van der Waals surface area contributed by atoms with Gasteiger partial charge in [-0.05, 0) is 54.4 Å². The third-order valence-corrected chi connectivity index (χ3v) is 7.56. The number of benzene rings is 2. The number of pyridine rings is 2. The smallest absolute Gasteiger partial charge is 0.282 e. The first-order chi connectivity index (χ1) is 22.5. The van der Waals surface area contributed by atoms with E-state index in [0.29, 0.717) is 46.5 Å². The molecular formula is C34H32FN5O6. The molecule has 46 heavy (non-hydrogen) atoms. The third-order valence-electron chi connectivity index (χ3n) is 7.56. The molecule has 12 heteroatoms. The molecule has 4 heterocycles. The van der Waals surface area contributed by atoms with E-state index >= 15 is 0 Å². The summed E-state index contributed by atoms with van der Waals surface area (Å²) in [6.07, 6.45) is 5.36. The number of fused-ring (bicyclic) bond motifs is 1. The van der Waals surface area contributed by atoms with E-state index in [1.54, 1.807) is 31.5 Å². The maximum absolute atomic E-state index is 13.3. The van der Waals surface area contributed by atoms with Crippen LogP contribution in [0.3, 0.4) is 0 Å². The summed E-state index contributed by atoms with van der Waals surface area (Å²) >= 11 is 0. The van der Waals surface area contributed by atoms with Crippen molar-refractivity contribution >= 4 is 16.7 Å². The Kier molecular flexibility index (Phi) is 9.56. The van der Waals surface area contributed by atoms with E-state index in [1.807, 2.05) is 12.1 Å². The number of hydrogen-bond acceptors (Lipinski definition) is 10. The van der Waals surface area contributed by atoms with E-state index < -0.39 is 17.2 Å². The summed E-state index contributed by atoms with van der Waals surface area (Å²) in [4.78, 5) is 37.2. The molecule has 0 N–H and O–H groups in total. The monoisotopic (exact) mass is 625 g/mol. The summed E-state index contributed by atoms with van der Waals surface area (Å²) in [7, 11) is 1.59. The molecule has 1 aliphatic heterocycles. The van der Waals surface area contributed by atoms with Gasteiger partial charge in [0.2, 0.25) is 5.88 Å². The molecule has 1 saturated heterocycles. The van der Waals surface area contributed by atoms with Crippen molar-refractivity contribution in [3.05, 3.63) is 107 Å². The molecule has 0 bridgehead atoms. The number of nitrogens with zero attached hydrogens (tertiary/aromatic N) is 5. The second-order valence-corrected chi connectivity index (χ2v) is 10.6. The fraction of sp³-hybridized carbons (Fsp3) is 0.265. The fourth-order valence-electron chi connectivity index (χ4n) is 5.14. The number of aromatic nitrogens is 4. The van der Waals surface area contributed by atoms with Crippen LogP contribution in [-0.4, -0.2) is 77.0 Å². The number of halogens is 1. The number of ketones is 1. The second-order valence-electron chi connectivity index (χ2n) is 10.6. The van der Waals surface area contributed by atoms with Gasteiger partial charge in [-0.3, -0.25) is 19.5 Å². The van der Waals surface area contributed by atoms with Crippen molar-refractivity contribution in [1.29, 1.82) is 0 Å².